The third kappa shape index (κ3) is 3.28. The molecular formula is C14H12BrClN2O. The quantitative estimate of drug-likeness (QED) is 0.639. The average Bonchev–Trinajstić information content (AvgIpc) is 2.33. The van der Waals surface area contributed by atoms with Gasteiger partial charge in [0.25, 0.3) is 0 Å². The van der Waals surface area contributed by atoms with Crippen molar-refractivity contribution < 1.29 is 4.74 Å². The first-order valence-corrected chi connectivity index (χ1v) is 6.72. The average molecular weight is 340 g/mol. The van der Waals surface area contributed by atoms with Gasteiger partial charge in [0.2, 0.25) is 0 Å². The molecule has 0 aliphatic rings. The summed E-state index contributed by atoms with van der Waals surface area (Å²) in [5, 5.41) is 8.07. The summed E-state index contributed by atoms with van der Waals surface area (Å²) < 4.78 is 6.62. The van der Waals surface area contributed by atoms with Crippen molar-refractivity contribution in [1.82, 2.24) is 0 Å². The number of nitrogens with two attached hydrogens (primary N) is 1. The van der Waals surface area contributed by atoms with Crippen molar-refractivity contribution in [2.45, 2.75) is 6.92 Å². The van der Waals surface area contributed by atoms with Gasteiger partial charge in [-0.1, -0.05) is 33.6 Å². The summed E-state index contributed by atoms with van der Waals surface area (Å²) in [6.45, 7) is 1.95. The lowest BCUT2D eigenvalue weighted by Gasteiger charge is -2.12. The molecule has 0 aliphatic heterocycles. The molecule has 2 rings (SSSR count). The number of hydrogen-bond donors (Lipinski definition) is 2. The topological polar surface area (TPSA) is 59.1 Å². The van der Waals surface area contributed by atoms with Crippen LogP contribution >= 0.6 is 27.5 Å². The normalized spacial score (nSPS) is 10.3. The maximum absolute atomic E-state index is 7.56. The van der Waals surface area contributed by atoms with E-state index in [0.29, 0.717) is 22.1 Å². The molecule has 19 heavy (non-hydrogen) atoms. The van der Waals surface area contributed by atoms with Crippen LogP contribution < -0.4 is 10.5 Å². The van der Waals surface area contributed by atoms with Crippen LogP contribution in [0.2, 0.25) is 5.02 Å². The summed E-state index contributed by atoms with van der Waals surface area (Å²) in [4.78, 5) is 0. The van der Waals surface area contributed by atoms with E-state index in [-0.39, 0.29) is 5.84 Å². The molecule has 2 aromatic carbocycles. The van der Waals surface area contributed by atoms with E-state index < -0.39 is 0 Å². The molecule has 0 heterocycles. The van der Waals surface area contributed by atoms with Gasteiger partial charge in [-0.25, -0.2) is 0 Å². The molecule has 0 saturated heterocycles. The maximum Gasteiger partial charge on any atom is 0.146 e. The zero-order valence-electron chi connectivity index (χ0n) is 10.2. The minimum absolute atomic E-state index is 0.0497. The van der Waals surface area contributed by atoms with Crippen molar-refractivity contribution >= 4 is 33.4 Å². The number of ether oxygens (including phenoxy) is 1. The zero-order chi connectivity index (χ0) is 14.0. The predicted octanol–water partition coefficient (Wildman–Crippen LogP) is 4.49. The van der Waals surface area contributed by atoms with E-state index in [1.54, 1.807) is 24.3 Å². The van der Waals surface area contributed by atoms with Gasteiger partial charge in [0.1, 0.15) is 17.3 Å². The number of hydrogen-bond acceptors (Lipinski definition) is 2. The summed E-state index contributed by atoms with van der Waals surface area (Å²) in [7, 11) is 0. The molecule has 0 radical (unpaired) electrons. The summed E-state index contributed by atoms with van der Waals surface area (Å²) in [6.07, 6.45) is 0. The highest BCUT2D eigenvalue weighted by Gasteiger charge is 2.10. The SMILES string of the molecule is Cc1ccc(Cl)c(Oc2cc(Br)ccc2C(=N)N)c1. The van der Waals surface area contributed by atoms with Gasteiger partial charge in [0, 0.05) is 4.47 Å². The smallest absolute Gasteiger partial charge is 0.146 e. The van der Waals surface area contributed by atoms with E-state index in [2.05, 4.69) is 15.9 Å². The zero-order valence-corrected chi connectivity index (χ0v) is 12.5. The van der Waals surface area contributed by atoms with Gasteiger partial charge in [-0.2, -0.15) is 0 Å². The van der Waals surface area contributed by atoms with E-state index in [0.717, 1.165) is 10.0 Å². The van der Waals surface area contributed by atoms with Crippen LogP contribution in [-0.2, 0) is 0 Å². The fourth-order valence-electron chi connectivity index (χ4n) is 1.61. The minimum Gasteiger partial charge on any atom is -0.455 e. The molecule has 0 fully saturated rings. The van der Waals surface area contributed by atoms with Crippen LogP contribution in [0, 0.1) is 12.3 Å². The number of rotatable bonds is 3. The van der Waals surface area contributed by atoms with Crippen LogP contribution in [0.4, 0.5) is 0 Å². The van der Waals surface area contributed by atoms with E-state index in [4.69, 9.17) is 27.5 Å². The number of halogens is 2. The van der Waals surface area contributed by atoms with Crippen molar-refractivity contribution in [2.75, 3.05) is 0 Å². The van der Waals surface area contributed by atoms with Crippen LogP contribution in [-0.4, -0.2) is 5.84 Å². The maximum atomic E-state index is 7.56. The van der Waals surface area contributed by atoms with Crippen LogP contribution in [0.25, 0.3) is 0 Å². The Balaban J connectivity index is 2.45. The van der Waals surface area contributed by atoms with E-state index >= 15 is 0 Å². The highest BCUT2D eigenvalue weighted by atomic mass is 79.9. The second-order valence-corrected chi connectivity index (χ2v) is 5.41. The summed E-state index contributed by atoms with van der Waals surface area (Å²) in [5.41, 5.74) is 7.11. The molecule has 0 unspecified atom stereocenters. The molecule has 0 bridgehead atoms. The van der Waals surface area contributed by atoms with Gasteiger partial charge in [0.05, 0.1) is 10.6 Å². The Bertz CT molecular complexity index is 643. The lowest BCUT2D eigenvalue weighted by Crippen LogP contribution is -2.12. The molecular weight excluding hydrogens is 328 g/mol. The van der Waals surface area contributed by atoms with Gasteiger partial charge in [-0.15, -0.1) is 0 Å². The van der Waals surface area contributed by atoms with E-state index in [1.807, 2.05) is 19.1 Å². The molecule has 0 aliphatic carbocycles. The number of benzene rings is 2. The molecule has 0 spiro atoms. The lowest BCUT2D eigenvalue weighted by atomic mass is 10.2. The van der Waals surface area contributed by atoms with E-state index in [1.165, 1.54) is 0 Å². The van der Waals surface area contributed by atoms with Crippen molar-refractivity contribution in [1.29, 1.82) is 5.41 Å². The van der Waals surface area contributed by atoms with Gasteiger partial charge >= 0.3 is 0 Å². The molecule has 2 aromatic rings. The standard InChI is InChI=1S/C14H12BrClN2O/c1-8-2-5-11(16)13(6-8)19-12-7-9(15)3-4-10(12)14(17)18/h2-7H,1H3,(H3,17,18). The molecule has 98 valence electrons. The molecule has 3 N–H and O–H groups in total. The number of aryl methyl sites for hydroxylation is 1. The second kappa shape index (κ2) is 5.63. The molecule has 3 nitrogen and oxygen atoms in total. The third-order valence-electron chi connectivity index (χ3n) is 2.54. The predicted molar refractivity (Wildman–Crippen MR) is 81.4 cm³/mol. The minimum atomic E-state index is -0.0497. The fraction of sp³-hybridized carbons (Fsp3) is 0.0714. The summed E-state index contributed by atoms with van der Waals surface area (Å²) in [5.74, 6) is 0.989. The van der Waals surface area contributed by atoms with Crippen LogP contribution in [0.5, 0.6) is 11.5 Å². The molecule has 0 atom stereocenters. The summed E-state index contributed by atoms with van der Waals surface area (Å²) in [6, 6.07) is 10.8. The van der Waals surface area contributed by atoms with Crippen molar-refractivity contribution in [3.8, 4) is 11.5 Å². The van der Waals surface area contributed by atoms with Crippen LogP contribution in [0.1, 0.15) is 11.1 Å². The van der Waals surface area contributed by atoms with Crippen molar-refractivity contribution in [2.24, 2.45) is 5.73 Å². The van der Waals surface area contributed by atoms with Crippen molar-refractivity contribution in [3.05, 3.63) is 57.0 Å². The van der Waals surface area contributed by atoms with Gasteiger partial charge in [-0.05, 0) is 42.8 Å². The van der Waals surface area contributed by atoms with Gasteiger partial charge in [-0.3, -0.25) is 5.41 Å². The largest absolute Gasteiger partial charge is 0.455 e. The lowest BCUT2D eigenvalue weighted by molar-refractivity contribution is 0.481. The van der Waals surface area contributed by atoms with E-state index in [9.17, 15) is 0 Å². The first-order chi connectivity index (χ1) is 8.97. The highest BCUT2D eigenvalue weighted by Crippen LogP contribution is 2.33. The first-order valence-electron chi connectivity index (χ1n) is 5.55. The molecule has 5 heteroatoms. The van der Waals surface area contributed by atoms with Crippen LogP contribution in [0.3, 0.4) is 0 Å². The molecule has 0 aromatic heterocycles. The Morgan fingerprint density at radius 2 is 1.95 bits per heavy atom. The Morgan fingerprint density at radius 1 is 1.21 bits per heavy atom. The van der Waals surface area contributed by atoms with Crippen molar-refractivity contribution in [3.63, 3.8) is 0 Å². The molecule has 0 amide bonds. The second-order valence-electron chi connectivity index (χ2n) is 4.09. The Kier molecular flexibility index (Phi) is 4.12. The molecule has 0 saturated carbocycles. The number of nitrogens with one attached hydrogen (secondary N) is 1. The highest BCUT2D eigenvalue weighted by molar-refractivity contribution is 9.10. The fourth-order valence-corrected chi connectivity index (χ4v) is 2.11. The third-order valence-corrected chi connectivity index (χ3v) is 3.35. The Labute approximate surface area is 125 Å². The Morgan fingerprint density at radius 3 is 2.63 bits per heavy atom. The Hall–Kier alpha value is -1.52. The van der Waals surface area contributed by atoms with Gasteiger partial charge < -0.3 is 10.5 Å². The summed E-state index contributed by atoms with van der Waals surface area (Å²) >= 11 is 9.46. The van der Waals surface area contributed by atoms with Gasteiger partial charge in [0.15, 0.2) is 0 Å². The number of nitrogen functional groups attached to an aromatic ring is 1. The first kappa shape index (κ1) is 13.9. The van der Waals surface area contributed by atoms with Crippen LogP contribution in [0.15, 0.2) is 40.9 Å². The monoisotopic (exact) mass is 338 g/mol. The number of amidine groups is 1.